The van der Waals surface area contributed by atoms with Crippen LogP contribution in [0.4, 0.5) is 0 Å². The largest absolute Gasteiger partial charge is 0.479 e. The third-order valence-corrected chi connectivity index (χ3v) is 1.31. The molecule has 2 atom stereocenters. The van der Waals surface area contributed by atoms with Gasteiger partial charge in [-0.1, -0.05) is 0 Å². The van der Waals surface area contributed by atoms with Gasteiger partial charge in [0.2, 0.25) is 12.0 Å². The van der Waals surface area contributed by atoms with Gasteiger partial charge in [0.1, 0.15) is 0 Å². The Hall–Kier alpha value is -1.47. The van der Waals surface area contributed by atoms with Gasteiger partial charge < -0.3 is 20.4 Å². The fourth-order valence-electron chi connectivity index (χ4n) is 0.647. The summed E-state index contributed by atoms with van der Waals surface area (Å²) in [5.41, 5.74) is 5.38. The Balaban J connectivity index is 2.85. The van der Waals surface area contributed by atoms with Crippen molar-refractivity contribution in [2.24, 2.45) is 5.73 Å². The first kappa shape index (κ1) is 9.62. The molecule has 0 aromatic carbocycles. The lowest BCUT2D eigenvalue weighted by Gasteiger charge is -1.98. The minimum Gasteiger partial charge on any atom is -0.479 e. The smallest absolute Gasteiger partial charge is 0.342 e. The minimum absolute atomic E-state index is 0.0929. The quantitative estimate of drug-likeness (QED) is 0.566. The van der Waals surface area contributed by atoms with E-state index in [1.807, 2.05) is 0 Å². The van der Waals surface area contributed by atoms with Crippen LogP contribution in [0.5, 0.6) is 0 Å². The SMILES string of the molecule is CC(N)c1nnc(C(O)C(=O)O)o1. The lowest BCUT2D eigenvalue weighted by Crippen LogP contribution is -2.10. The molecule has 1 heterocycles. The number of carbonyl (C=O) groups is 1. The van der Waals surface area contributed by atoms with Gasteiger partial charge in [-0.2, -0.15) is 0 Å². The van der Waals surface area contributed by atoms with Crippen molar-refractivity contribution in [3.05, 3.63) is 11.8 Å². The van der Waals surface area contributed by atoms with Gasteiger partial charge >= 0.3 is 5.97 Å². The lowest BCUT2D eigenvalue weighted by molar-refractivity contribution is -0.148. The summed E-state index contributed by atoms with van der Waals surface area (Å²) >= 11 is 0. The fraction of sp³-hybridized carbons (Fsp3) is 0.500. The topological polar surface area (TPSA) is 122 Å². The molecule has 2 unspecified atom stereocenters. The number of aliphatic hydroxyl groups excluding tert-OH is 1. The molecule has 0 aliphatic rings. The van der Waals surface area contributed by atoms with Crippen molar-refractivity contribution in [3.63, 3.8) is 0 Å². The molecule has 7 heteroatoms. The highest BCUT2D eigenvalue weighted by Crippen LogP contribution is 2.14. The van der Waals surface area contributed by atoms with Crippen LogP contribution in [0, 0.1) is 0 Å². The van der Waals surface area contributed by atoms with E-state index in [9.17, 15) is 4.79 Å². The first-order valence-corrected chi connectivity index (χ1v) is 3.52. The molecule has 1 aromatic rings. The molecule has 0 bridgehead atoms. The minimum atomic E-state index is -1.79. The molecule has 4 N–H and O–H groups in total. The maximum atomic E-state index is 10.3. The number of carboxylic acids is 1. The highest BCUT2D eigenvalue weighted by atomic mass is 16.4. The fourth-order valence-corrected chi connectivity index (χ4v) is 0.647. The number of aliphatic carboxylic acids is 1. The first-order chi connectivity index (χ1) is 6.02. The Kier molecular flexibility index (Phi) is 2.59. The Morgan fingerprint density at radius 1 is 1.54 bits per heavy atom. The van der Waals surface area contributed by atoms with E-state index in [1.54, 1.807) is 6.92 Å². The van der Waals surface area contributed by atoms with E-state index in [4.69, 9.17) is 20.4 Å². The Bertz CT molecular complexity index is 309. The molecule has 1 aromatic heterocycles. The van der Waals surface area contributed by atoms with E-state index >= 15 is 0 Å². The van der Waals surface area contributed by atoms with Crippen LogP contribution in [0.1, 0.15) is 30.9 Å². The van der Waals surface area contributed by atoms with Crippen LogP contribution >= 0.6 is 0 Å². The van der Waals surface area contributed by atoms with Crippen molar-refractivity contribution in [1.29, 1.82) is 0 Å². The van der Waals surface area contributed by atoms with Gasteiger partial charge in [0.05, 0.1) is 6.04 Å². The zero-order valence-corrected chi connectivity index (χ0v) is 6.84. The summed E-state index contributed by atoms with van der Waals surface area (Å²) in [6.45, 7) is 1.60. The second-order valence-electron chi connectivity index (χ2n) is 2.51. The van der Waals surface area contributed by atoms with Gasteiger partial charge in [0, 0.05) is 0 Å². The standard InChI is InChI=1S/C6H9N3O4/c1-2(7)4-8-9-5(13-4)3(10)6(11)12/h2-3,10H,7H2,1H3,(H,11,12). The summed E-state index contributed by atoms with van der Waals surface area (Å²) in [5.74, 6) is -1.71. The van der Waals surface area contributed by atoms with Crippen LogP contribution in [-0.2, 0) is 4.79 Å². The second kappa shape index (κ2) is 3.50. The van der Waals surface area contributed by atoms with Crippen molar-refractivity contribution in [2.75, 3.05) is 0 Å². The van der Waals surface area contributed by atoms with Gasteiger partial charge in [0.25, 0.3) is 5.89 Å². The molecule has 0 fully saturated rings. The van der Waals surface area contributed by atoms with Crippen molar-refractivity contribution in [1.82, 2.24) is 10.2 Å². The summed E-state index contributed by atoms with van der Waals surface area (Å²) < 4.78 is 4.79. The zero-order chi connectivity index (χ0) is 10.0. The van der Waals surface area contributed by atoms with Crippen LogP contribution in [0.2, 0.25) is 0 Å². The average Bonchev–Trinajstić information content (AvgIpc) is 2.50. The zero-order valence-electron chi connectivity index (χ0n) is 6.84. The second-order valence-corrected chi connectivity index (χ2v) is 2.51. The van der Waals surface area contributed by atoms with Crippen molar-refractivity contribution >= 4 is 5.97 Å². The van der Waals surface area contributed by atoms with Crippen LogP contribution in [0.25, 0.3) is 0 Å². The van der Waals surface area contributed by atoms with Crippen molar-refractivity contribution in [3.8, 4) is 0 Å². The molecule has 0 aliphatic carbocycles. The van der Waals surface area contributed by atoms with E-state index in [2.05, 4.69) is 10.2 Å². The molecule has 0 saturated heterocycles. The predicted molar refractivity (Wildman–Crippen MR) is 39.5 cm³/mol. The summed E-state index contributed by atoms with van der Waals surface area (Å²) in [7, 11) is 0. The Morgan fingerprint density at radius 2 is 2.08 bits per heavy atom. The van der Waals surface area contributed by atoms with Crippen LogP contribution < -0.4 is 5.73 Å². The lowest BCUT2D eigenvalue weighted by atomic mass is 10.3. The number of rotatable bonds is 3. The number of nitrogens with zero attached hydrogens (tertiary/aromatic N) is 2. The predicted octanol–water partition coefficient (Wildman–Crippen LogP) is -0.793. The highest BCUT2D eigenvalue weighted by molar-refractivity contribution is 5.72. The first-order valence-electron chi connectivity index (χ1n) is 3.52. The summed E-state index contributed by atoms with van der Waals surface area (Å²) in [5, 5.41) is 24.1. The van der Waals surface area contributed by atoms with E-state index in [0.29, 0.717) is 0 Å². The van der Waals surface area contributed by atoms with Crippen molar-refractivity contribution in [2.45, 2.75) is 19.1 Å². The van der Waals surface area contributed by atoms with Gasteiger partial charge in [0.15, 0.2) is 0 Å². The third kappa shape index (κ3) is 2.01. The Morgan fingerprint density at radius 3 is 2.46 bits per heavy atom. The van der Waals surface area contributed by atoms with Crippen LogP contribution in [-0.4, -0.2) is 26.4 Å². The molecule has 0 radical (unpaired) electrons. The van der Waals surface area contributed by atoms with Gasteiger partial charge in [-0.15, -0.1) is 10.2 Å². The van der Waals surface area contributed by atoms with Gasteiger partial charge in [-0.3, -0.25) is 0 Å². The number of hydrogen-bond acceptors (Lipinski definition) is 6. The van der Waals surface area contributed by atoms with E-state index in [0.717, 1.165) is 0 Å². The highest BCUT2D eigenvalue weighted by Gasteiger charge is 2.23. The van der Waals surface area contributed by atoms with Crippen molar-refractivity contribution < 1.29 is 19.4 Å². The summed E-state index contributed by atoms with van der Waals surface area (Å²) in [6, 6.07) is -0.484. The monoisotopic (exact) mass is 187 g/mol. The molecular formula is C6H9N3O4. The molecule has 7 nitrogen and oxygen atoms in total. The van der Waals surface area contributed by atoms with E-state index in [1.165, 1.54) is 0 Å². The molecule has 0 saturated carbocycles. The maximum Gasteiger partial charge on any atom is 0.342 e. The molecule has 72 valence electrons. The summed E-state index contributed by atoms with van der Waals surface area (Å²) in [6.07, 6.45) is -1.79. The number of nitrogens with two attached hydrogens (primary N) is 1. The van der Waals surface area contributed by atoms with Crippen LogP contribution in [0.3, 0.4) is 0 Å². The maximum absolute atomic E-state index is 10.3. The third-order valence-electron chi connectivity index (χ3n) is 1.31. The van der Waals surface area contributed by atoms with E-state index in [-0.39, 0.29) is 11.8 Å². The van der Waals surface area contributed by atoms with Crippen LogP contribution in [0.15, 0.2) is 4.42 Å². The van der Waals surface area contributed by atoms with Gasteiger partial charge in [-0.05, 0) is 6.92 Å². The molecule has 13 heavy (non-hydrogen) atoms. The number of aliphatic hydroxyl groups is 1. The van der Waals surface area contributed by atoms with E-state index < -0.39 is 18.1 Å². The molecule has 0 amide bonds. The number of hydrogen-bond donors (Lipinski definition) is 3. The van der Waals surface area contributed by atoms with Gasteiger partial charge in [-0.25, -0.2) is 4.79 Å². The normalized spacial score (nSPS) is 15.3. The molecule has 1 rings (SSSR count). The number of aromatic nitrogens is 2. The molecular weight excluding hydrogens is 178 g/mol. The Labute approximate surface area is 73.2 Å². The average molecular weight is 187 g/mol. The summed E-state index contributed by atoms with van der Waals surface area (Å²) in [4.78, 5) is 10.3. The molecule has 0 spiro atoms. The number of carboxylic acid groups (broad SMARTS) is 1. The molecule has 0 aliphatic heterocycles.